The molecule has 33 heavy (non-hydrogen) atoms. The van der Waals surface area contributed by atoms with Crippen LogP contribution >= 0.6 is 0 Å². The molecule has 0 spiro atoms. The van der Waals surface area contributed by atoms with Crippen LogP contribution in [0.3, 0.4) is 0 Å². The molecule has 2 unspecified atom stereocenters. The summed E-state index contributed by atoms with van der Waals surface area (Å²) in [6, 6.07) is 0. The first kappa shape index (κ1) is 28.4. The molecule has 4 heterocycles. The molecule has 4 fully saturated rings. The Balaban J connectivity index is 0.000000218. The number of nitrogens with zero attached hydrogens (tertiary/aromatic N) is 2. The zero-order valence-electron chi connectivity index (χ0n) is 21.9. The minimum Gasteiger partial charge on any atom is -0.377 e. The van der Waals surface area contributed by atoms with Crippen molar-refractivity contribution in [2.75, 3.05) is 32.8 Å². The van der Waals surface area contributed by atoms with E-state index in [-0.39, 0.29) is 17.2 Å². The van der Waals surface area contributed by atoms with Crippen molar-refractivity contribution in [2.45, 2.75) is 110 Å². The maximum Gasteiger partial charge on any atom is 0.270 e. The number of fused-ring (bicyclic) bond motifs is 2. The maximum atomic E-state index is 12.7. The van der Waals surface area contributed by atoms with Crippen LogP contribution in [-0.4, -0.2) is 59.8 Å². The van der Waals surface area contributed by atoms with Crippen molar-refractivity contribution in [3.63, 3.8) is 0 Å². The minimum absolute atomic E-state index is 0.0863. The van der Waals surface area contributed by atoms with Crippen molar-refractivity contribution in [3.8, 4) is 0 Å². The summed E-state index contributed by atoms with van der Waals surface area (Å²) in [6.45, 7) is 16.7. The van der Waals surface area contributed by atoms with Crippen LogP contribution in [0.5, 0.6) is 0 Å². The third-order valence-electron chi connectivity index (χ3n) is 7.65. The van der Waals surface area contributed by atoms with Gasteiger partial charge in [0.15, 0.2) is 0 Å². The largest absolute Gasteiger partial charge is 0.377 e. The quantitative estimate of drug-likeness (QED) is 0.402. The van der Waals surface area contributed by atoms with Crippen molar-refractivity contribution in [2.24, 2.45) is 5.92 Å². The van der Waals surface area contributed by atoms with Gasteiger partial charge < -0.3 is 4.74 Å². The van der Waals surface area contributed by atoms with Gasteiger partial charge in [0, 0.05) is 29.7 Å². The van der Waals surface area contributed by atoms with Gasteiger partial charge in [0.05, 0.1) is 19.0 Å². The molecule has 0 N–H and O–H groups in total. The lowest BCUT2D eigenvalue weighted by Gasteiger charge is -2.32. The standard InChI is InChI=1S/C13H21F2N.C12H20FNO.C2H6/c1-10(2)4-6-13-5-3-7-16(13)9-11(8-13)12(14)15;1-10(2)15-9-12-4-3-5-14(12)8-11(6-12)7-13;1-2/h10H,3-9H2,1-2H3;7,10H,3-6,8-9H2,1-2H3;1-2H3/b;11-7+;. The Morgan fingerprint density at radius 3 is 2.12 bits per heavy atom. The molecule has 6 heteroatoms. The van der Waals surface area contributed by atoms with Gasteiger partial charge in [-0.1, -0.05) is 27.7 Å². The lowest BCUT2D eigenvalue weighted by Crippen LogP contribution is -2.43. The van der Waals surface area contributed by atoms with Gasteiger partial charge in [-0.05, 0) is 89.8 Å². The summed E-state index contributed by atoms with van der Waals surface area (Å²) in [5.41, 5.74) is 1.52. The van der Waals surface area contributed by atoms with Crippen LogP contribution in [0.25, 0.3) is 0 Å². The normalized spacial score (nSPS) is 30.4. The Labute approximate surface area is 200 Å². The van der Waals surface area contributed by atoms with Crippen LogP contribution < -0.4 is 0 Å². The van der Waals surface area contributed by atoms with Crippen LogP contribution in [-0.2, 0) is 4.74 Å². The van der Waals surface area contributed by atoms with Crippen LogP contribution in [0.2, 0.25) is 0 Å². The van der Waals surface area contributed by atoms with Gasteiger partial charge in [-0.2, -0.15) is 8.78 Å². The van der Waals surface area contributed by atoms with Crippen LogP contribution in [0.15, 0.2) is 23.6 Å². The first-order chi connectivity index (χ1) is 15.7. The topological polar surface area (TPSA) is 15.7 Å². The highest BCUT2D eigenvalue weighted by Gasteiger charge is 2.47. The average molecular weight is 473 g/mol. The van der Waals surface area contributed by atoms with E-state index in [1.54, 1.807) is 0 Å². The summed E-state index contributed by atoms with van der Waals surface area (Å²) in [5, 5.41) is 0. The zero-order chi connectivity index (χ0) is 24.6. The Morgan fingerprint density at radius 1 is 0.970 bits per heavy atom. The fourth-order valence-electron chi connectivity index (χ4n) is 5.95. The molecule has 0 saturated carbocycles. The molecule has 0 aromatic carbocycles. The molecule has 4 saturated heterocycles. The van der Waals surface area contributed by atoms with Crippen LogP contribution in [0.4, 0.5) is 13.2 Å². The molecule has 0 aromatic heterocycles. The van der Waals surface area contributed by atoms with Crippen molar-refractivity contribution in [1.29, 1.82) is 0 Å². The maximum absolute atomic E-state index is 12.7. The Hall–Kier alpha value is -0.850. The molecule has 4 aliphatic heterocycles. The van der Waals surface area contributed by atoms with Gasteiger partial charge in [-0.25, -0.2) is 4.39 Å². The Morgan fingerprint density at radius 2 is 1.58 bits per heavy atom. The van der Waals surface area contributed by atoms with E-state index in [0.717, 1.165) is 70.2 Å². The Bertz CT molecular complexity index is 674. The molecule has 4 aliphatic rings. The third kappa shape index (κ3) is 7.08. The SMILES string of the molecule is CC.CC(C)CCC12CCCN1CC(=C(F)F)C2.CC(C)OCC12CCCN1C/C(=C/F)C2. The summed E-state index contributed by atoms with van der Waals surface area (Å²) >= 11 is 0. The number of ether oxygens (including phenoxy) is 1. The molecular weight excluding hydrogens is 425 g/mol. The van der Waals surface area contributed by atoms with E-state index < -0.39 is 6.08 Å². The van der Waals surface area contributed by atoms with Gasteiger partial charge in [-0.3, -0.25) is 9.80 Å². The summed E-state index contributed by atoms with van der Waals surface area (Å²) in [7, 11) is 0. The minimum atomic E-state index is -1.43. The zero-order valence-corrected chi connectivity index (χ0v) is 21.9. The smallest absolute Gasteiger partial charge is 0.270 e. The number of hydrogen-bond acceptors (Lipinski definition) is 3. The molecule has 4 rings (SSSR count). The lowest BCUT2D eigenvalue weighted by molar-refractivity contribution is 0.00328. The number of hydrogen-bond donors (Lipinski definition) is 0. The van der Waals surface area contributed by atoms with Crippen molar-refractivity contribution in [3.05, 3.63) is 23.6 Å². The second-order valence-corrected chi connectivity index (χ2v) is 10.8. The predicted molar refractivity (Wildman–Crippen MR) is 131 cm³/mol. The monoisotopic (exact) mass is 472 g/mol. The van der Waals surface area contributed by atoms with Crippen LogP contribution in [0.1, 0.15) is 92.9 Å². The number of rotatable bonds is 6. The fourth-order valence-corrected chi connectivity index (χ4v) is 5.95. The van der Waals surface area contributed by atoms with Gasteiger partial charge in [0.25, 0.3) is 6.08 Å². The second-order valence-electron chi connectivity index (χ2n) is 10.8. The molecule has 0 aromatic rings. The van der Waals surface area contributed by atoms with Crippen molar-refractivity contribution < 1.29 is 17.9 Å². The van der Waals surface area contributed by atoms with Gasteiger partial charge >= 0.3 is 0 Å². The molecule has 3 nitrogen and oxygen atoms in total. The average Bonchev–Trinajstić information content (AvgIpc) is 3.50. The van der Waals surface area contributed by atoms with Gasteiger partial charge in [0.2, 0.25) is 0 Å². The highest BCUT2D eigenvalue weighted by molar-refractivity contribution is 5.21. The first-order valence-electron chi connectivity index (χ1n) is 13.1. The first-order valence-corrected chi connectivity index (χ1v) is 13.1. The molecule has 2 atom stereocenters. The fraction of sp³-hybridized carbons (Fsp3) is 0.852. The Kier molecular flexibility index (Phi) is 11.0. The van der Waals surface area contributed by atoms with Gasteiger partial charge in [-0.15, -0.1) is 0 Å². The summed E-state index contributed by atoms with van der Waals surface area (Å²) in [5.74, 6) is 0.667. The van der Waals surface area contributed by atoms with Gasteiger partial charge in [0.1, 0.15) is 0 Å². The molecule has 0 amide bonds. The molecule has 0 bridgehead atoms. The van der Waals surface area contributed by atoms with E-state index in [1.165, 1.54) is 12.8 Å². The second kappa shape index (κ2) is 12.7. The van der Waals surface area contributed by atoms with Crippen molar-refractivity contribution in [1.82, 2.24) is 9.80 Å². The van der Waals surface area contributed by atoms with Crippen LogP contribution in [0, 0.1) is 5.92 Å². The molecule has 192 valence electrons. The van der Waals surface area contributed by atoms with E-state index >= 15 is 0 Å². The summed E-state index contributed by atoms with van der Waals surface area (Å²) < 4.78 is 43.6. The lowest BCUT2D eigenvalue weighted by atomic mass is 9.85. The van der Waals surface area contributed by atoms with E-state index in [0.29, 0.717) is 24.5 Å². The molecular formula is C27H47F3N2O. The highest BCUT2D eigenvalue weighted by Crippen LogP contribution is 2.46. The van der Waals surface area contributed by atoms with Crippen molar-refractivity contribution >= 4 is 0 Å². The third-order valence-corrected chi connectivity index (χ3v) is 7.65. The highest BCUT2D eigenvalue weighted by atomic mass is 19.3. The number of halogens is 3. The molecule has 0 radical (unpaired) electrons. The predicted octanol–water partition coefficient (Wildman–Crippen LogP) is 7.34. The summed E-state index contributed by atoms with van der Waals surface area (Å²) in [6.07, 6.45) is 7.99. The molecule has 0 aliphatic carbocycles. The van der Waals surface area contributed by atoms with E-state index in [2.05, 4.69) is 37.5 Å². The summed E-state index contributed by atoms with van der Waals surface area (Å²) in [4.78, 5) is 4.69. The van der Waals surface area contributed by atoms with E-state index in [1.807, 2.05) is 13.8 Å². The van der Waals surface area contributed by atoms with E-state index in [9.17, 15) is 13.2 Å². The van der Waals surface area contributed by atoms with E-state index in [4.69, 9.17) is 4.74 Å².